The van der Waals surface area contributed by atoms with E-state index in [9.17, 15) is 14.4 Å². The first kappa shape index (κ1) is 32.7. The van der Waals surface area contributed by atoms with Gasteiger partial charge < -0.3 is 20.5 Å². The van der Waals surface area contributed by atoms with E-state index in [2.05, 4.69) is 29.6 Å². The fraction of sp³-hybridized carbons (Fsp3) is 0.417. The Hall–Kier alpha value is -4.17. The monoisotopic (exact) mass is 599 g/mol. The number of amides is 2. The minimum atomic E-state index is -0.682. The number of nitrogens with zero attached hydrogens (tertiary/aromatic N) is 1. The molecule has 1 aliphatic rings. The summed E-state index contributed by atoms with van der Waals surface area (Å²) in [5.74, 6) is -0.634. The normalized spacial score (nSPS) is 13.1. The van der Waals surface area contributed by atoms with Gasteiger partial charge >= 0.3 is 12.1 Å². The lowest BCUT2D eigenvalue weighted by Crippen LogP contribution is -2.43. The maximum atomic E-state index is 13.6. The van der Waals surface area contributed by atoms with Gasteiger partial charge in [0.15, 0.2) is 0 Å². The van der Waals surface area contributed by atoms with Crippen molar-refractivity contribution in [3.05, 3.63) is 94.0 Å². The van der Waals surface area contributed by atoms with Crippen LogP contribution in [0.5, 0.6) is 0 Å². The largest absolute Gasteiger partial charge is 0.466 e. The Morgan fingerprint density at radius 3 is 2.07 bits per heavy atom. The maximum absolute atomic E-state index is 13.6. The summed E-state index contributed by atoms with van der Waals surface area (Å²) in [6.07, 6.45) is -0.0369. The second-order valence-electron chi connectivity index (χ2n) is 12.4. The Balaban J connectivity index is 1.53. The molecule has 1 aliphatic carbocycles. The third-order valence-electron chi connectivity index (χ3n) is 8.13. The SMILES string of the molecule is CCOC(=O)C(C)(C)Cc1c(C)cc(CN(CC(=O)NCC(C)N)C(=O)OCC2c3ccccc3-c3ccccc32)cc1C. The van der Waals surface area contributed by atoms with Gasteiger partial charge in [-0.3, -0.25) is 14.5 Å². The highest BCUT2D eigenvalue weighted by Gasteiger charge is 2.32. The van der Waals surface area contributed by atoms with Crippen molar-refractivity contribution < 1.29 is 23.9 Å². The molecule has 0 aromatic heterocycles. The first-order valence-corrected chi connectivity index (χ1v) is 15.3. The van der Waals surface area contributed by atoms with Gasteiger partial charge in [-0.25, -0.2) is 4.79 Å². The Bertz CT molecular complexity index is 1440. The molecule has 1 atom stereocenters. The molecule has 0 saturated heterocycles. The maximum Gasteiger partial charge on any atom is 0.410 e. The van der Waals surface area contributed by atoms with Crippen LogP contribution in [-0.4, -0.2) is 55.2 Å². The molecule has 0 radical (unpaired) electrons. The smallest absolute Gasteiger partial charge is 0.410 e. The minimum absolute atomic E-state index is 0.0911. The van der Waals surface area contributed by atoms with E-state index in [0.717, 1.165) is 44.5 Å². The van der Waals surface area contributed by atoms with Crippen LogP contribution in [-0.2, 0) is 32.0 Å². The molecule has 0 aliphatic heterocycles. The molecule has 0 fully saturated rings. The second-order valence-corrected chi connectivity index (χ2v) is 12.4. The topological polar surface area (TPSA) is 111 Å². The molecule has 234 valence electrons. The molecule has 0 saturated carbocycles. The fourth-order valence-electron chi connectivity index (χ4n) is 5.89. The van der Waals surface area contributed by atoms with Crippen molar-refractivity contribution in [1.29, 1.82) is 0 Å². The van der Waals surface area contributed by atoms with Gasteiger partial charge in [-0.05, 0) is 92.5 Å². The van der Waals surface area contributed by atoms with E-state index < -0.39 is 11.5 Å². The van der Waals surface area contributed by atoms with Crippen molar-refractivity contribution in [2.45, 2.75) is 66.5 Å². The van der Waals surface area contributed by atoms with Crippen LogP contribution < -0.4 is 11.1 Å². The molecule has 44 heavy (non-hydrogen) atoms. The lowest BCUT2D eigenvalue weighted by atomic mass is 9.82. The van der Waals surface area contributed by atoms with Gasteiger partial charge in [0.05, 0.1) is 12.0 Å². The van der Waals surface area contributed by atoms with Crippen molar-refractivity contribution in [2.24, 2.45) is 11.1 Å². The predicted molar refractivity (Wildman–Crippen MR) is 172 cm³/mol. The Morgan fingerprint density at radius 2 is 1.52 bits per heavy atom. The molecule has 3 aromatic carbocycles. The van der Waals surface area contributed by atoms with Crippen LogP contribution in [0.3, 0.4) is 0 Å². The lowest BCUT2D eigenvalue weighted by Gasteiger charge is -2.26. The van der Waals surface area contributed by atoms with Crippen LogP contribution in [0.2, 0.25) is 0 Å². The van der Waals surface area contributed by atoms with Crippen molar-refractivity contribution in [3.63, 3.8) is 0 Å². The highest BCUT2D eigenvalue weighted by molar-refractivity contribution is 5.83. The highest BCUT2D eigenvalue weighted by atomic mass is 16.6. The molecule has 3 aromatic rings. The molecule has 1 unspecified atom stereocenters. The summed E-state index contributed by atoms with van der Waals surface area (Å²) in [6, 6.07) is 20.2. The van der Waals surface area contributed by atoms with Gasteiger partial charge in [0.25, 0.3) is 0 Å². The van der Waals surface area contributed by atoms with Gasteiger partial charge in [0.2, 0.25) is 5.91 Å². The summed E-state index contributed by atoms with van der Waals surface area (Å²) in [7, 11) is 0. The van der Waals surface area contributed by atoms with Crippen molar-refractivity contribution in [2.75, 3.05) is 26.3 Å². The number of rotatable bonds is 12. The van der Waals surface area contributed by atoms with Crippen molar-refractivity contribution >= 4 is 18.0 Å². The number of nitrogens with one attached hydrogen (secondary N) is 1. The average molecular weight is 600 g/mol. The lowest BCUT2D eigenvalue weighted by molar-refractivity contribution is -0.153. The zero-order valence-corrected chi connectivity index (χ0v) is 26.7. The summed E-state index contributed by atoms with van der Waals surface area (Å²) < 4.78 is 11.2. The van der Waals surface area contributed by atoms with E-state index in [1.807, 2.05) is 64.1 Å². The van der Waals surface area contributed by atoms with Gasteiger partial charge in [0.1, 0.15) is 13.2 Å². The number of benzene rings is 3. The highest BCUT2D eigenvalue weighted by Crippen LogP contribution is 2.44. The van der Waals surface area contributed by atoms with E-state index in [-0.39, 0.29) is 43.5 Å². The number of ether oxygens (including phenoxy) is 2. The molecular weight excluding hydrogens is 554 g/mol. The number of aryl methyl sites for hydroxylation is 2. The van der Waals surface area contributed by atoms with Crippen LogP contribution >= 0.6 is 0 Å². The summed E-state index contributed by atoms with van der Waals surface area (Å²) in [5, 5.41) is 2.80. The van der Waals surface area contributed by atoms with Crippen LogP contribution in [0.25, 0.3) is 11.1 Å². The summed E-state index contributed by atoms with van der Waals surface area (Å²) >= 11 is 0. The van der Waals surface area contributed by atoms with E-state index in [0.29, 0.717) is 19.6 Å². The van der Waals surface area contributed by atoms with Crippen molar-refractivity contribution in [3.8, 4) is 11.1 Å². The quantitative estimate of drug-likeness (QED) is 0.260. The fourth-order valence-corrected chi connectivity index (χ4v) is 5.89. The van der Waals surface area contributed by atoms with E-state index in [1.165, 1.54) is 4.90 Å². The van der Waals surface area contributed by atoms with Crippen LogP contribution in [0.4, 0.5) is 4.79 Å². The van der Waals surface area contributed by atoms with Crippen molar-refractivity contribution in [1.82, 2.24) is 10.2 Å². The Labute approximate surface area is 260 Å². The molecule has 0 spiro atoms. The average Bonchev–Trinajstić information content (AvgIpc) is 3.30. The number of hydrogen-bond donors (Lipinski definition) is 2. The summed E-state index contributed by atoms with van der Waals surface area (Å²) in [5.41, 5.74) is 13.6. The summed E-state index contributed by atoms with van der Waals surface area (Å²) in [6.45, 7) is 12.2. The number of fused-ring (bicyclic) bond motifs is 3. The predicted octanol–water partition coefficient (Wildman–Crippen LogP) is 5.65. The first-order chi connectivity index (χ1) is 20.9. The number of carbonyl (C=O) groups is 3. The van der Waals surface area contributed by atoms with Gasteiger partial charge in [-0.15, -0.1) is 0 Å². The van der Waals surface area contributed by atoms with Gasteiger partial charge in [0, 0.05) is 25.0 Å². The van der Waals surface area contributed by atoms with Gasteiger partial charge in [-0.2, -0.15) is 0 Å². The molecule has 2 amide bonds. The van der Waals surface area contributed by atoms with E-state index in [4.69, 9.17) is 15.2 Å². The zero-order valence-electron chi connectivity index (χ0n) is 26.7. The molecule has 0 heterocycles. The van der Waals surface area contributed by atoms with Gasteiger partial charge in [-0.1, -0.05) is 60.7 Å². The third-order valence-corrected chi connectivity index (χ3v) is 8.13. The molecular formula is C36H45N3O5. The number of carbonyl (C=O) groups excluding carboxylic acids is 3. The number of hydrogen-bond acceptors (Lipinski definition) is 6. The Morgan fingerprint density at radius 1 is 0.955 bits per heavy atom. The molecule has 8 heteroatoms. The van der Waals surface area contributed by atoms with Crippen LogP contribution in [0.1, 0.15) is 67.0 Å². The minimum Gasteiger partial charge on any atom is -0.466 e. The number of nitrogens with two attached hydrogens (primary N) is 1. The Kier molecular flexibility index (Phi) is 10.5. The van der Waals surface area contributed by atoms with Crippen LogP contribution in [0, 0.1) is 19.3 Å². The third kappa shape index (κ3) is 7.66. The van der Waals surface area contributed by atoms with E-state index >= 15 is 0 Å². The van der Waals surface area contributed by atoms with Crippen LogP contribution in [0.15, 0.2) is 60.7 Å². The van der Waals surface area contributed by atoms with E-state index in [1.54, 1.807) is 13.8 Å². The molecule has 0 bridgehead atoms. The molecule has 8 nitrogen and oxygen atoms in total. The molecule has 3 N–H and O–H groups in total. The first-order valence-electron chi connectivity index (χ1n) is 15.3. The number of esters is 1. The summed E-state index contributed by atoms with van der Waals surface area (Å²) in [4.78, 5) is 40.4. The zero-order chi connectivity index (χ0) is 32.0. The molecule has 4 rings (SSSR count). The second kappa shape index (κ2) is 14.1. The standard InChI is InChI=1S/C36H45N3O5/c1-7-43-34(41)36(5,6)18-31-23(2)16-26(17-24(31)3)20-39(21-33(40)38-19-25(4)37)35(42)44-22-32-29-14-10-8-12-27(29)28-13-9-11-15-30(28)32/h8-17,25,32H,7,18-22,37H2,1-6H3,(H,38,40).